The Morgan fingerprint density at radius 3 is 2.45 bits per heavy atom. The van der Waals surface area contributed by atoms with Gasteiger partial charge < -0.3 is 9.64 Å². The number of fused-ring (bicyclic) bond motifs is 1. The molecule has 0 amide bonds. The maximum Gasteiger partial charge on any atom is 0.273 e. The Balaban J connectivity index is 1.96. The number of aromatic nitrogens is 1. The van der Waals surface area contributed by atoms with Crippen LogP contribution in [0.3, 0.4) is 0 Å². The molecule has 8 nitrogen and oxygen atoms in total. The molecule has 0 saturated carbocycles. The second-order valence-corrected chi connectivity index (χ2v) is 7.03. The summed E-state index contributed by atoms with van der Waals surface area (Å²) in [4.78, 5) is 25.7. The number of benzene rings is 2. The third-order valence-electron chi connectivity index (χ3n) is 5.20. The number of nitro groups is 1. The normalized spacial score (nSPS) is 10.9. The van der Waals surface area contributed by atoms with Crippen molar-refractivity contribution in [2.24, 2.45) is 0 Å². The van der Waals surface area contributed by atoms with Gasteiger partial charge in [0.15, 0.2) is 0 Å². The Morgan fingerprint density at radius 1 is 1.13 bits per heavy atom. The number of hydrogen-bond acceptors (Lipinski definition) is 6. The molecule has 0 atom stereocenters. The number of pyridine rings is 1. The van der Waals surface area contributed by atoms with E-state index in [1.807, 2.05) is 12.1 Å². The molecule has 8 heteroatoms. The molecule has 1 heterocycles. The molecule has 0 bridgehead atoms. The number of nitrogens with zero attached hydrogens (tertiary/aromatic N) is 4. The molecule has 0 radical (unpaired) electrons. The minimum atomic E-state index is -0.499. The molecule has 1 aromatic heterocycles. The molecular formula is C23H24N4O4. The average Bonchev–Trinajstić information content (AvgIpc) is 2.79. The van der Waals surface area contributed by atoms with Gasteiger partial charge in [-0.15, -0.1) is 0 Å². The Hall–Kier alpha value is -3.70. The summed E-state index contributed by atoms with van der Waals surface area (Å²) in [7, 11) is 0. The lowest BCUT2D eigenvalue weighted by Gasteiger charge is -2.18. The van der Waals surface area contributed by atoms with Gasteiger partial charge >= 0.3 is 0 Å². The summed E-state index contributed by atoms with van der Waals surface area (Å²) in [5, 5.41) is 21.0. The molecule has 0 aliphatic carbocycles. The molecule has 2 aromatic carbocycles. The molecular weight excluding hydrogens is 396 g/mol. The van der Waals surface area contributed by atoms with Crippen LogP contribution in [0.1, 0.15) is 25.8 Å². The van der Waals surface area contributed by atoms with Crippen molar-refractivity contribution < 1.29 is 9.66 Å². The standard InChI is InChI=1S/C23H24N4O4/c1-3-25(4-2)12-5-13-31-21-11-6-17-14-18(16-24)23(28)26(22(17)15-21)19-7-9-20(10-8-19)27(29)30/h6-11,14-15H,3-5,12-13H2,1-2H3. The van der Waals surface area contributed by atoms with Gasteiger partial charge in [0, 0.05) is 35.8 Å². The lowest BCUT2D eigenvalue weighted by Crippen LogP contribution is -2.25. The maximum atomic E-state index is 12.9. The largest absolute Gasteiger partial charge is 0.493 e. The molecule has 3 rings (SSSR count). The number of hydrogen-bond donors (Lipinski definition) is 0. The van der Waals surface area contributed by atoms with Crippen molar-refractivity contribution in [1.82, 2.24) is 9.47 Å². The van der Waals surface area contributed by atoms with Crippen LogP contribution < -0.4 is 10.3 Å². The van der Waals surface area contributed by atoms with Crippen LogP contribution in [-0.4, -0.2) is 40.6 Å². The van der Waals surface area contributed by atoms with Crippen molar-refractivity contribution in [3.8, 4) is 17.5 Å². The number of nitriles is 1. The van der Waals surface area contributed by atoms with Crippen LogP contribution in [0.5, 0.6) is 5.75 Å². The van der Waals surface area contributed by atoms with Crippen LogP contribution in [0.4, 0.5) is 5.69 Å². The lowest BCUT2D eigenvalue weighted by atomic mass is 10.1. The van der Waals surface area contributed by atoms with E-state index in [1.165, 1.54) is 28.8 Å². The van der Waals surface area contributed by atoms with Crippen LogP contribution >= 0.6 is 0 Å². The summed E-state index contributed by atoms with van der Waals surface area (Å²) in [5.41, 5.74) is 0.450. The first-order valence-electron chi connectivity index (χ1n) is 10.2. The first-order chi connectivity index (χ1) is 15.0. The molecule has 31 heavy (non-hydrogen) atoms. The summed E-state index contributed by atoms with van der Waals surface area (Å²) in [5.74, 6) is 0.617. The van der Waals surface area contributed by atoms with Gasteiger partial charge in [0.05, 0.1) is 17.0 Å². The first kappa shape index (κ1) is 22.0. The van der Waals surface area contributed by atoms with Gasteiger partial charge in [0.1, 0.15) is 17.4 Å². The molecule has 0 aliphatic heterocycles. The van der Waals surface area contributed by atoms with Crippen molar-refractivity contribution in [3.63, 3.8) is 0 Å². The van der Waals surface area contributed by atoms with E-state index in [1.54, 1.807) is 18.2 Å². The van der Waals surface area contributed by atoms with E-state index in [-0.39, 0.29) is 11.3 Å². The van der Waals surface area contributed by atoms with E-state index in [9.17, 15) is 20.2 Å². The van der Waals surface area contributed by atoms with E-state index in [0.717, 1.165) is 26.1 Å². The fourth-order valence-electron chi connectivity index (χ4n) is 3.45. The van der Waals surface area contributed by atoms with Crippen molar-refractivity contribution in [2.45, 2.75) is 20.3 Å². The molecule has 0 saturated heterocycles. The Labute approximate surface area is 180 Å². The Morgan fingerprint density at radius 2 is 1.84 bits per heavy atom. The number of rotatable bonds is 9. The molecule has 0 spiro atoms. The van der Waals surface area contributed by atoms with Gasteiger partial charge in [0.25, 0.3) is 11.2 Å². The van der Waals surface area contributed by atoms with E-state index >= 15 is 0 Å². The quantitative estimate of drug-likeness (QED) is 0.296. The Bertz CT molecular complexity index is 1180. The molecule has 0 N–H and O–H groups in total. The molecule has 0 unspecified atom stereocenters. The zero-order chi connectivity index (χ0) is 22.4. The fraction of sp³-hybridized carbons (Fsp3) is 0.304. The van der Waals surface area contributed by atoms with Gasteiger partial charge in [-0.1, -0.05) is 13.8 Å². The predicted octanol–water partition coefficient (Wildman–Crippen LogP) is 3.88. The topological polar surface area (TPSA) is 101 Å². The molecule has 0 fully saturated rings. The molecule has 160 valence electrons. The lowest BCUT2D eigenvalue weighted by molar-refractivity contribution is -0.384. The minimum Gasteiger partial charge on any atom is -0.493 e. The molecule has 3 aromatic rings. The summed E-state index contributed by atoms with van der Waals surface area (Å²) in [6.45, 7) is 7.73. The highest BCUT2D eigenvalue weighted by Gasteiger charge is 2.13. The average molecular weight is 420 g/mol. The summed E-state index contributed by atoms with van der Waals surface area (Å²) < 4.78 is 7.28. The van der Waals surface area contributed by atoms with E-state index < -0.39 is 10.5 Å². The fourth-order valence-corrected chi connectivity index (χ4v) is 3.45. The zero-order valence-corrected chi connectivity index (χ0v) is 17.6. The number of nitro benzene ring substituents is 1. The van der Waals surface area contributed by atoms with E-state index in [0.29, 0.717) is 28.9 Å². The first-order valence-corrected chi connectivity index (χ1v) is 10.2. The van der Waals surface area contributed by atoms with Crippen molar-refractivity contribution in [1.29, 1.82) is 5.26 Å². The number of non-ortho nitro benzene ring substituents is 1. The van der Waals surface area contributed by atoms with Gasteiger partial charge in [-0.3, -0.25) is 19.5 Å². The zero-order valence-electron chi connectivity index (χ0n) is 17.6. The SMILES string of the molecule is CCN(CC)CCCOc1ccc2cc(C#N)c(=O)n(-c3ccc([N+](=O)[O-])cc3)c2c1. The van der Waals surface area contributed by atoms with Crippen molar-refractivity contribution >= 4 is 16.6 Å². The smallest absolute Gasteiger partial charge is 0.273 e. The van der Waals surface area contributed by atoms with Crippen LogP contribution in [0.25, 0.3) is 16.6 Å². The van der Waals surface area contributed by atoms with Crippen molar-refractivity contribution in [3.05, 3.63) is 74.6 Å². The predicted molar refractivity (Wildman–Crippen MR) is 119 cm³/mol. The van der Waals surface area contributed by atoms with E-state index in [2.05, 4.69) is 18.7 Å². The van der Waals surface area contributed by atoms with Crippen molar-refractivity contribution in [2.75, 3.05) is 26.2 Å². The summed E-state index contributed by atoms with van der Waals surface area (Å²) in [6, 6.07) is 14.5. The highest BCUT2D eigenvalue weighted by Crippen LogP contribution is 2.24. The molecule has 0 aliphatic rings. The third kappa shape index (κ3) is 4.90. The van der Waals surface area contributed by atoms with Crippen LogP contribution in [0.2, 0.25) is 0 Å². The number of ether oxygens (including phenoxy) is 1. The van der Waals surface area contributed by atoms with Gasteiger partial charge in [0.2, 0.25) is 0 Å². The second-order valence-electron chi connectivity index (χ2n) is 7.03. The minimum absolute atomic E-state index is 0.00116. The third-order valence-corrected chi connectivity index (χ3v) is 5.20. The van der Waals surface area contributed by atoms with Crippen LogP contribution in [-0.2, 0) is 0 Å². The van der Waals surface area contributed by atoms with Crippen LogP contribution in [0.15, 0.2) is 53.3 Å². The second kappa shape index (κ2) is 9.87. The summed E-state index contributed by atoms with van der Waals surface area (Å²) in [6.07, 6.45) is 0.877. The van der Waals surface area contributed by atoms with Gasteiger partial charge in [-0.05, 0) is 49.8 Å². The highest BCUT2D eigenvalue weighted by molar-refractivity contribution is 5.83. The van der Waals surface area contributed by atoms with Gasteiger partial charge in [-0.2, -0.15) is 5.26 Å². The summed E-state index contributed by atoms with van der Waals surface area (Å²) >= 11 is 0. The maximum absolute atomic E-state index is 12.9. The Kier molecular flexibility index (Phi) is 7.00. The van der Waals surface area contributed by atoms with E-state index in [4.69, 9.17) is 4.74 Å². The monoisotopic (exact) mass is 420 g/mol. The highest BCUT2D eigenvalue weighted by atomic mass is 16.6. The van der Waals surface area contributed by atoms with Gasteiger partial charge in [-0.25, -0.2) is 0 Å². The van der Waals surface area contributed by atoms with Crippen LogP contribution in [0, 0.1) is 21.4 Å².